The molecular weight excluding hydrogens is 222 g/mol. The quantitative estimate of drug-likeness (QED) is 0.691. The normalized spacial score (nSPS) is 34.5. The van der Waals surface area contributed by atoms with Crippen molar-refractivity contribution in [3.05, 3.63) is 0 Å². The maximum Gasteiger partial charge on any atom is 0.126 e. The van der Waals surface area contributed by atoms with Crippen LogP contribution in [-0.4, -0.2) is 51.6 Å². The lowest BCUT2D eigenvalue weighted by Crippen LogP contribution is -2.50. The average molecular weight is 244 g/mol. The summed E-state index contributed by atoms with van der Waals surface area (Å²) in [4.78, 5) is 0. The minimum absolute atomic E-state index is 0.0614. The molecule has 0 spiro atoms. The Morgan fingerprint density at radius 2 is 1.94 bits per heavy atom. The van der Waals surface area contributed by atoms with E-state index in [0.29, 0.717) is 6.61 Å². The van der Waals surface area contributed by atoms with Crippen LogP contribution in [0.3, 0.4) is 0 Å². The lowest BCUT2D eigenvalue weighted by molar-refractivity contribution is -0.174. The highest BCUT2D eigenvalue weighted by Crippen LogP contribution is 2.28. The summed E-state index contributed by atoms with van der Waals surface area (Å²) < 4.78 is 30.5. The third-order valence-electron chi connectivity index (χ3n) is 2.62. The molecule has 0 saturated carbocycles. The van der Waals surface area contributed by atoms with E-state index in [9.17, 15) is 4.39 Å². The van der Waals surface area contributed by atoms with E-state index in [4.69, 9.17) is 22.1 Å². The second-order valence-corrected chi connectivity index (χ2v) is 5.01. The molecule has 1 rings (SSSR count). The third-order valence-corrected chi connectivity index (χ3v) is 2.62. The van der Waals surface area contributed by atoms with Crippen LogP contribution in [0, 0.1) is 0 Å². The molecular formula is C12H22BFO3. The molecule has 1 heterocycles. The standard InChI is InChI=1S/C12H22BFO3/c1-7(2)15-6-10-12(17-8(3)4)11(14)9(13)5-16-10/h7-12H,5-6H2,1-4H3/t9-,10-,11+,12-/m1/s1. The van der Waals surface area contributed by atoms with Gasteiger partial charge < -0.3 is 14.2 Å². The molecule has 17 heavy (non-hydrogen) atoms. The summed E-state index contributed by atoms with van der Waals surface area (Å²) in [5.41, 5.74) is 0. The van der Waals surface area contributed by atoms with Gasteiger partial charge in [0.15, 0.2) is 0 Å². The first kappa shape index (κ1) is 14.9. The molecule has 3 nitrogen and oxygen atoms in total. The van der Waals surface area contributed by atoms with E-state index in [1.807, 2.05) is 27.7 Å². The summed E-state index contributed by atoms with van der Waals surface area (Å²) in [6, 6.07) is 0. The maximum atomic E-state index is 14.0. The highest BCUT2D eigenvalue weighted by atomic mass is 19.1. The van der Waals surface area contributed by atoms with Gasteiger partial charge in [0.1, 0.15) is 18.4 Å². The molecule has 0 bridgehead atoms. The molecule has 1 fully saturated rings. The smallest absolute Gasteiger partial charge is 0.126 e. The summed E-state index contributed by atoms with van der Waals surface area (Å²) in [6.45, 7) is 8.15. The van der Waals surface area contributed by atoms with Crippen LogP contribution >= 0.6 is 0 Å². The number of halogens is 1. The van der Waals surface area contributed by atoms with Crippen molar-refractivity contribution in [3.8, 4) is 0 Å². The summed E-state index contributed by atoms with van der Waals surface area (Å²) in [6.07, 6.45) is -2.19. The Bertz CT molecular complexity index is 226. The van der Waals surface area contributed by atoms with Gasteiger partial charge in [0.2, 0.25) is 0 Å². The maximum absolute atomic E-state index is 14.0. The van der Waals surface area contributed by atoms with Gasteiger partial charge in [-0.1, -0.05) is 0 Å². The predicted molar refractivity (Wildman–Crippen MR) is 65.2 cm³/mol. The second kappa shape index (κ2) is 6.71. The number of rotatable bonds is 5. The minimum atomic E-state index is -1.20. The van der Waals surface area contributed by atoms with E-state index in [2.05, 4.69) is 0 Å². The van der Waals surface area contributed by atoms with Gasteiger partial charge in [-0.2, -0.15) is 0 Å². The van der Waals surface area contributed by atoms with Crippen molar-refractivity contribution >= 4 is 7.85 Å². The molecule has 0 N–H and O–H groups in total. The Balaban J connectivity index is 2.58. The van der Waals surface area contributed by atoms with E-state index in [0.717, 1.165) is 0 Å². The molecule has 0 aromatic carbocycles. The van der Waals surface area contributed by atoms with Crippen molar-refractivity contribution in [2.24, 2.45) is 0 Å². The zero-order valence-electron chi connectivity index (χ0n) is 11.1. The van der Waals surface area contributed by atoms with Crippen LogP contribution in [-0.2, 0) is 14.2 Å². The van der Waals surface area contributed by atoms with Crippen LogP contribution in [0.5, 0.6) is 0 Å². The molecule has 1 aliphatic heterocycles. The lowest BCUT2D eigenvalue weighted by Gasteiger charge is -2.39. The van der Waals surface area contributed by atoms with Gasteiger partial charge in [0.05, 0.1) is 26.7 Å². The van der Waals surface area contributed by atoms with Gasteiger partial charge in [0.25, 0.3) is 0 Å². The van der Waals surface area contributed by atoms with Gasteiger partial charge in [-0.3, -0.25) is 0 Å². The van der Waals surface area contributed by atoms with Crippen LogP contribution < -0.4 is 0 Å². The fourth-order valence-corrected chi connectivity index (χ4v) is 1.78. The number of alkyl halides is 1. The SMILES string of the molecule is [B][C@@H]1CO[C@H](COC(C)C)[C@@H](OC(C)C)[C@H]1F. The van der Waals surface area contributed by atoms with Gasteiger partial charge >= 0.3 is 0 Å². The Labute approximate surface area is 104 Å². The predicted octanol–water partition coefficient (Wildman–Crippen LogP) is 1.90. The number of hydrogen-bond donors (Lipinski definition) is 0. The van der Waals surface area contributed by atoms with Gasteiger partial charge in [-0.15, -0.1) is 0 Å². The summed E-state index contributed by atoms with van der Waals surface area (Å²) in [7, 11) is 5.64. The molecule has 2 radical (unpaired) electrons. The summed E-state index contributed by atoms with van der Waals surface area (Å²) >= 11 is 0. The molecule has 5 heteroatoms. The molecule has 0 aromatic rings. The van der Waals surface area contributed by atoms with Gasteiger partial charge in [-0.05, 0) is 33.5 Å². The number of hydrogen-bond acceptors (Lipinski definition) is 3. The van der Waals surface area contributed by atoms with Gasteiger partial charge in [0, 0.05) is 6.61 Å². The molecule has 1 saturated heterocycles. The summed E-state index contributed by atoms with van der Waals surface area (Å²) in [5.74, 6) is -0.617. The minimum Gasteiger partial charge on any atom is -0.376 e. The first-order valence-corrected chi connectivity index (χ1v) is 6.20. The van der Waals surface area contributed by atoms with Crippen LogP contribution in [0.1, 0.15) is 27.7 Å². The molecule has 0 unspecified atom stereocenters. The van der Waals surface area contributed by atoms with Crippen LogP contribution in [0.4, 0.5) is 4.39 Å². The molecule has 0 aromatic heterocycles. The topological polar surface area (TPSA) is 27.7 Å². The second-order valence-electron chi connectivity index (χ2n) is 5.01. The van der Waals surface area contributed by atoms with Crippen molar-refractivity contribution < 1.29 is 18.6 Å². The third kappa shape index (κ3) is 4.56. The molecule has 1 aliphatic rings. The first-order chi connectivity index (χ1) is 7.91. The average Bonchev–Trinajstić information content (AvgIpc) is 2.23. The van der Waals surface area contributed by atoms with E-state index >= 15 is 0 Å². The molecule has 98 valence electrons. The van der Waals surface area contributed by atoms with Crippen molar-refractivity contribution in [3.63, 3.8) is 0 Å². The highest BCUT2D eigenvalue weighted by molar-refractivity contribution is 6.12. The fourth-order valence-electron chi connectivity index (χ4n) is 1.78. The Morgan fingerprint density at radius 1 is 1.29 bits per heavy atom. The first-order valence-electron chi connectivity index (χ1n) is 6.20. The zero-order valence-corrected chi connectivity index (χ0v) is 11.1. The van der Waals surface area contributed by atoms with E-state index < -0.39 is 18.1 Å². The Hall–Kier alpha value is -0.125. The van der Waals surface area contributed by atoms with E-state index in [1.165, 1.54) is 0 Å². The molecule has 0 amide bonds. The van der Waals surface area contributed by atoms with E-state index in [1.54, 1.807) is 0 Å². The monoisotopic (exact) mass is 244 g/mol. The van der Waals surface area contributed by atoms with Gasteiger partial charge in [-0.25, -0.2) is 4.39 Å². The van der Waals surface area contributed by atoms with Crippen LogP contribution in [0.15, 0.2) is 0 Å². The largest absolute Gasteiger partial charge is 0.376 e. The van der Waals surface area contributed by atoms with Crippen molar-refractivity contribution in [2.45, 2.75) is 64.1 Å². The summed E-state index contributed by atoms with van der Waals surface area (Å²) in [5, 5.41) is 0. The van der Waals surface area contributed by atoms with Crippen molar-refractivity contribution in [1.29, 1.82) is 0 Å². The number of ether oxygens (including phenoxy) is 3. The molecule has 0 aliphatic carbocycles. The fraction of sp³-hybridized carbons (Fsp3) is 1.00. The van der Waals surface area contributed by atoms with Crippen molar-refractivity contribution in [2.75, 3.05) is 13.2 Å². The lowest BCUT2D eigenvalue weighted by atomic mass is 9.79. The Morgan fingerprint density at radius 3 is 2.47 bits per heavy atom. The van der Waals surface area contributed by atoms with Crippen LogP contribution in [0.25, 0.3) is 0 Å². The van der Waals surface area contributed by atoms with E-state index in [-0.39, 0.29) is 24.9 Å². The van der Waals surface area contributed by atoms with Crippen LogP contribution in [0.2, 0.25) is 5.82 Å². The zero-order chi connectivity index (χ0) is 13.0. The highest BCUT2D eigenvalue weighted by Gasteiger charge is 2.40. The van der Waals surface area contributed by atoms with Crippen molar-refractivity contribution in [1.82, 2.24) is 0 Å². The Kier molecular flexibility index (Phi) is 5.90. The molecule has 4 atom stereocenters.